The van der Waals surface area contributed by atoms with Crippen LogP contribution in [0.4, 0.5) is 0 Å². The lowest BCUT2D eigenvalue weighted by molar-refractivity contribution is -0.139. The zero-order chi connectivity index (χ0) is 21.2. The highest BCUT2D eigenvalue weighted by Gasteiger charge is 2.35. The molecule has 1 saturated heterocycles. The summed E-state index contributed by atoms with van der Waals surface area (Å²) >= 11 is 0. The average Bonchev–Trinajstić information content (AvgIpc) is 3.44. The summed E-state index contributed by atoms with van der Waals surface area (Å²) in [5.74, 6) is -1.25. The lowest BCUT2D eigenvalue weighted by Crippen LogP contribution is -2.46. The van der Waals surface area contributed by atoms with Crippen LogP contribution in [-0.4, -0.2) is 49.7 Å². The predicted molar refractivity (Wildman–Crippen MR) is 111 cm³/mol. The van der Waals surface area contributed by atoms with Crippen molar-refractivity contribution >= 4 is 21.8 Å². The minimum Gasteiger partial charge on any atom is -0.348 e. The largest absolute Gasteiger partial charge is 0.348 e. The van der Waals surface area contributed by atoms with Crippen molar-refractivity contribution in [3.05, 3.63) is 28.8 Å². The Kier molecular flexibility index (Phi) is 6.63. The van der Waals surface area contributed by atoms with Crippen molar-refractivity contribution in [2.75, 3.05) is 13.1 Å². The Morgan fingerprint density at radius 3 is 2.31 bits per heavy atom. The third-order valence-electron chi connectivity index (χ3n) is 5.63. The molecule has 2 N–H and O–H groups in total. The van der Waals surface area contributed by atoms with Gasteiger partial charge in [0.1, 0.15) is 0 Å². The van der Waals surface area contributed by atoms with Crippen molar-refractivity contribution in [3.63, 3.8) is 0 Å². The first-order valence-electron chi connectivity index (χ1n) is 10.4. The quantitative estimate of drug-likeness (QED) is 0.686. The second kappa shape index (κ2) is 8.83. The third-order valence-corrected chi connectivity index (χ3v) is 7.88. The molecule has 1 aliphatic carbocycles. The second-order valence-electron chi connectivity index (χ2n) is 8.29. The molecule has 1 aromatic carbocycles. The molecular weight excluding hydrogens is 390 g/mol. The molecular formula is C21H31N3O4S. The van der Waals surface area contributed by atoms with E-state index in [4.69, 9.17) is 0 Å². The molecule has 0 aromatic heterocycles. The molecule has 29 heavy (non-hydrogen) atoms. The molecule has 2 fully saturated rings. The lowest BCUT2D eigenvalue weighted by Gasteiger charge is -2.35. The van der Waals surface area contributed by atoms with E-state index < -0.39 is 21.8 Å². The molecule has 1 aromatic rings. The standard InChI is InChI=1S/C21H31N3O4S/c1-14-12-15(2)19(16(3)13-14)29(27,28)24-11-5-4-6-18(24)9-10-22-20(25)21(26)23-17-7-8-17/h12-13,17-18H,4-11H2,1-3H3,(H,22,25)(H,23,26)/t18-/m1/s1. The van der Waals surface area contributed by atoms with E-state index in [1.807, 2.05) is 32.9 Å². The maximum atomic E-state index is 13.5. The molecule has 8 heteroatoms. The number of rotatable bonds is 6. The number of benzene rings is 1. The van der Waals surface area contributed by atoms with Gasteiger partial charge in [-0.05, 0) is 64.0 Å². The van der Waals surface area contributed by atoms with Crippen LogP contribution in [0.5, 0.6) is 0 Å². The number of nitrogens with zero attached hydrogens (tertiary/aromatic N) is 1. The van der Waals surface area contributed by atoms with Crippen molar-refractivity contribution in [1.29, 1.82) is 0 Å². The minimum atomic E-state index is -3.62. The van der Waals surface area contributed by atoms with Crippen molar-refractivity contribution in [3.8, 4) is 0 Å². The van der Waals surface area contributed by atoms with E-state index in [1.54, 1.807) is 4.31 Å². The van der Waals surface area contributed by atoms with E-state index in [9.17, 15) is 18.0 Å². The molecule has 0 bridgehead atoms. The molecule has 2 amide bonds. The summed E-state index contributed by atoms with van der Waals surface area (Å²) in [4.78, 5) is 24.1. The summed E-state index contributed by atoms with van der Waals surface area (Å²) in [6, 6.07) is 3.75. The Labute approximate surface area is 173 Å². The fraction of sp³-hybridized carbons (Fsp3) is 0.619. The van der Waals surface area contributed by atoms with Gasteiger partial charge in [0.25, 0.3) is 0 Å². The van der Waals surface area contributed by atoms with Gasteiger partial charge in [0.15, 0.2) is 0 Å². The van der Waals surface area contributed by atoms with Gasteiger partial charge in [-0.3, -0.25) is 9.59 Å². The fourth-order valence-electron chi connectivity index (χ4n) is 4.18. The van der Waals surface area contributed by atoms with Crippen LogP contribution >= 0.6 is 0 Å². The summed E-state index contributed by atoms with van der Waals surface area (Å²) in [7, 11) is -3.62. The van der Waals surface area contributed by atoms with E-state index in [2.05, 4.69) is 10.6 Å². The normalized spacial score (nSPS) is 20.3. The van der Waals surface area contributed by atoms with E-state index in [0.29, 0.717) is 17.9 Å². The highest BCUT2D eigenvalue weighted by atomic mass is 32.2. The average molecular weight is 422 g/mol. The van der Waals surface area contributed by atoms with Crippen LogP contribution in [0.2, 0.25) is 0 Å². The van der Waals surface area contributed by atoms with E-state index in [-0.39, 0.29) is 18.6 Å². The number of nitrogens with one attached hydrogen (secondary N) is 2. The number of carbonyl (C=O) groups is 2. The molecule has 1 heterocycles. The Bertz CT molecular complexity index is 870. The SMILES string of the molecule is Cc1cc(C)c(S(=O)(=O)N2CCCC[C@@H]2CCNC(=O)C(=O)NC2CC2)c(C)c1. The van der Waals surface area contributed by atoms with E-state index >= 15 is 0 Å². The molecule has 1 atom stereocenters. The molecule has 0 radical (unpaired) electrons. The Morgan fingerprint density at radius 2 is 1.69 bits per heavy atom. The smallest absolute Gasteiger partial charge is 0.309 e. The first-order valence-corrected chi connectivity index (χ1v) is 11.8. The van der Waals surface area contributed by atoms with Crippen molar-refractivity contribution < 1.29 is 18.0 Å². The third kappa shape index (κ3) is 5.17. The lowest BCUT2D eigenvalue weighted by atomic mass is 10.0. The molecule has 1 aliphatic heterocycles. The minimum absolute atomic E-state index is 0.133. The van der Waals surface area contributed by atoms with Crippen LogP contribution in [0.25, 0.3) is 0 Å². The van der Waals surface area contributed by atoms with Crippen LogP contribution in [0.1, 0.15) is 55.2 Å². The highest BCUT2D eigenvalue weighted by molar-refractivity contribution is 7.89. The summed E-state index contributed by atoms with van der Waals surface area (Å²) in [5.41, 5.74) is 2.56. The Balaban J connectivity index is 1.67. The van der Waals surface area contributed by atoms with Gasteiger partial charge in [-0.25, -0.2) is 8.42 Å². The van der Waals surface area contributed by atoms with Crippen molar-refractivity contribution in [1.82, 2.24) is 14.9 Å². The summed E-state index contributed by atoms with van der Waals surface area (Å²) in [6.45, 7) is 6.40. The predicted octanol–water partition coefficient (Wildman–Crippen LogP) is 1.94. The molecule has 0 unspecified atom stereocenters. The first-order chi connectivity index (χ1) is 13.7. The summed E-state index contributed by atoms with van der Waals surface area (Å²) in [5, 5.41) is 5.29. The van der Waals surface area contributed by atoms with Crippen LogP contribution in [0.3, 0.4) is 0 Å². The van der Waals surface area contributed by atoms with Gasteiger partial charge in [-0.2, -0.15) is 4.31 Å². The monoisotopic (exact) mass is 421 g/mol. The van der Waals surface area contributed by atoms with Gasteiger partial charge in [-0.15, -0.1) is 0 Å². The summed E-state index contributed by atoms with van der Waals surface area (Å²) < 4.78 is 28.5. The van der Waals surface area contributed by atoms with Gasteiger partial charge in [0.05, 0.1) is 4.90 Å². The second-order valence-corrected chi connectivity index (χ2v) is 10.1. The van der Waals surface area contributed by atoms with Gasteiger partial charge in [0.2, 0.25) is 10.0 Å². The zero-order valence-electron chi connectivity index (χ0n) is 17.5. The maximum Gasteiger partial charge on any atom is 0.309 e. The van der Waals surface area contributed by atoms with Gasteiger partial charge in [-0.1, -0.05) is 24.1 Å². The molecule has 160 valence electrons. The number of hydrogen-bond acceptors (Lipinski definition) is 4. The number of hydrogen-bond donors (Lipinski definition) is 2. The van der Waals surface area contributed by atoms with E-state index in [1.165, 1.54) is 0 Å². The molecule has 3 rings (SSSR count). The van der Waals surface area contributed by atoms with E-state index in [0.717, 1.165) is 48.8 Å². The Hall–Kier alpha value is -1.93. The molecule has 7 nitrogen and oxygen atoms in total. The first kappa shape index (κ1) is 21.8. The van der Waals surface area contributed by atoms with Gasteiger partial charge >= 0.3 is 11.8 Å². The van der Waals surface area contributed by atoms with Crippen LogP contribution in [0, 0.1) is 20.8 Å². The van der Waals surface area contributed by atoms with Crippen molar-refractivity contribution in [2.24, 2.45) is 0 Å². The number of sulfonamides is 1. The zero-order valence-corrected chi connectivity index (χ0v) is 18.3. The number of aryl methyl sites for hydroxylation is 3. The topological polar surface area (TPSA) is 95.6 Å². The maximum absolute atomic E-state index is 13.5. The van der Waals surface area contributed by atoms with Crippen LogP contribution < -0.4 is 10.6 Å². The van der Waals surface area contributed by atoms with Crippen molar-refractivity contribution in [2.45, 2.75) is 76.3 Å². The fourth-order valence-corrected chi connectivity index (χ4v) is 6.32. The highest BCUT2D eigenvalue weighted by Crippen LogP contribution is 2.31. The number of amides is 2. The van der Waals surface area contributed by atoms with Gasteiger partial charge < -0.3 is 10.6 Å². The Morgan fingerprint density at radius 1 is 1.03 bits per heavy atom. The number of piperidine rings is 1. The molecule has 1 saturated carbocycles. The summed E-state index contributed by atoms with van der Waals surface area (Å²) in [6.07, 6.45) is 4.88. The molecule has 2 aliphatic rings. The van der Waals surface area contributed by atoms with Crippen LogP contribution in [-0.2, 0) is 19.6 Å². The van der Waals surface area contributed by atoms with Crippen LogP contribution in [0.15, 0.2) is 17.0 Å². The van der Waals surface area contributed by atoms with Gasteiger partial charge in [0, 0.05) is 25.2 Å². The number of carbonyl (C=O) groups excluding carboxylic acids is 2. The molecule has 0 spiro atoms.